The predicted octanol–water partition coefficient (Wildman–Crippen LogP) is 6.87. The van der Waals surface area contributed by atoms with Crippen molar-refractivity contribution in [2.75, 3.05) is 5.32 Å². The third-order valence-corrected chi connectivity index (χ3v) is 6.06. The van der Waals surface area contributed by atoms with Crippen LogP contribution in [0.4, 0.5) is 11.5 Å². The molecule has 0 aliphatic carbocycles. The van der Waals surface area contributed by atoms with Gasteiger partial charge in [0.2, 0.25) is 0 Å². The van der Waals surface area contributed by atoms with E-state index in [1.807, 2.05) is 0 Å². The lowest BCUT2D eigenvalue weighted by atomic mass is 10.0. The highest BCUT2D eigenvalue weighted by molar-refractivity contribution is 7.19. The molecule has 0 bridgehead atoms. The van der Waals surface area contributed by atoms with Crippen molar-refractivity contribution in [3.63, 3.8) is 0 Å². The van der Waals surface area contributed by atoms with E-state index in [0.717, 1.165) is 21.7 Å². The smallest absolute Gasteiger partial charge is 0.143 e. The van der Waals surface area contributed by atoms with Crippen LogP contribution in [0.5, 0.6) is 0 Å². The molecular weight excluding hydrogens is 362 g/mol. The fourth-order valence-electron chi connectivity index (χ4n) is 3.67. The molecular formula is C24H19N3S. The summed E-state index contributed by atoms with van der Waals surface area (Å²) in [6, 6.07) is 23.4. The largest absolute Gasteiger partial charge is 0.339 e. The molecule has 2 aromatic heterocycles. The number of anilines is 2. The van der Waals surface area contributed by atoms with Gasteiger partial charge in [-0.25, -0.2) is 9.97 Å². The predicted molar refractivity (Wildman–Crippen MR) is 120 cm³/mol. The summed E-state index contributed by atoms with van der Waals surface area (Å²) in [7, 11) is 0. The Kier molecular flexibility index (Phi) is 4.06. The van der Waals surface area contributed by atoms with Crippen LogP contribution in [0.1, 0.15) is 10.4 Å². The van der Waals surface area contributed by atoms with Gasteiger partial charge in [0.05, 0.1) is 5.39 Å². The van der Waals surface area contributed by atoms with Gasteiger partial charge in [-0.1, -0.05) is 66.2 Å². The Balaban J connectivity index is 1.71. The number of nitrogens with one attached hydrogen (secondary N) is 1. The minimum Gasteiger partial charge on any atom is -0.339 e. The molecule has 1 N–H and O–H groups in total. The molecule has 0 spiro atoms. The number of fused-ring (bicyclic) bond motifs is 2. The average Bonchev–Trinajstić information content (AvgIpc) is 3.06. The molecule has 3 aromatic carbocycles. The third-order valence-electron chi connectivity index (χ3n) is 5.05. The van der Waals surface area contributed by atoms with Crippen LogP contribution in [0.2, 0.25) is 0 Å². The van der Waals surface area contributed by atoms with E-state index in [4.69, 9.17) is 0 Å². The van der Waals surface area contributed by atoms with Crippen LogP contribution in [0, 0.1) is 13.8 Å². The summed E-state index contributed by atoms with van der Waals surface area (Å²) < 4.78 is 0. The molecule has 0 unspecified atom stereocenters. The van der Waals surface area contributed by atoms with Crippen LogP contribution in [-0.2, 0) is 0 Å². The molecule has 0 fully saturated rings. The lowest BCUT2D eigenvalue weighted by molar-refractivity contribution is 1.23. The van der Waals surface area contributed by atoms with E-state index in [-0.39, 0.29) is 0 Å². The Labute approximate surface area is 167 Å². The second kappa shape index (κ2) is 6.73. The summed E-state index contributed by atoms with van der Waals surface area (Å²) >= 11 is 1.72. The molecule has 0 aliphatic rings. The summed E-state index contributed by atoms with van der Waals surface area (Å²) in [4.78, 5) is 11.4. The molecule has 0 atom stereocenters. The maximum absolute atomic E-state index is 4.61. The molecule has 0 aliphatic heterocycles. The average molecular weight is 382 g/mol. The molecule has 0 saturated heterocycles. The molecule has 28 heavy (non-hydrogen) atoms. The van der Waals surface area contributed by atoms with Crippen molar-refractivity contribution >= 4 is 43.8 Å². The molecule has 0 amide bonds. The first-order valence-electron chi connectivity index (χ1n) is 9.26. The Morgan fingerprint density at radius 1 is 0.821 bits per heavy atom. The van der Waals surface area contributed by atoms with E-state index >= 15 is 0 Å². The van der Waals surface area contributed by atoms with Crippen LogP contribution in [-0.4, -0.2) is 9.97 Å². The quantitative estimate of drug-likeness (QED) is 0.370. The minimum absolute atomic E-state index is 0.848. The maximum Gasteiger partial charge on any atom is 0.143 e. The van der Waals surface area contributed by atoms with Gasteiger partial charge in [-0.05, 0) is 30.9 Å². The maximum atomic E-state index is 4.61. The Morgan fingerprint density at radius 3 is 2.46 bits per heavy atom. The number of hydrogen-bond acceptors (Lipinski definition) is 4. The first kappa shape index (κ1) is 16.9. The lowest BCUT2D eigenvalue weighted by Gasteiger charge is -2.11. The number of hydrogen-bond donors (Lipinski definition) is 1. The fourth-order valence-corrected chi connectivity index (χ4v) is 4.68. The number of benzene rings is 3. The Morgan fingerprint density at radius 2 is 1.61 bits per heavy atom. The van der Waals surface area contributed by atoms with Crippen LogP contribution < -0.4 is 5.32 Å². The van der Waals surface area contributed by atoms with Crippen LogP contribution in [0.3, 0.4) is 0 Å². The highest BCUT2D eigenvalue weighted by atomic mass is 32.1. The first-order valence-corrected chi connectivity index (χ1v) is 10.1. The molecule has 4 heteroatoms. The normalized spacial score (nSPS) is 11.2. The van der Waals surface area contributed by atoms with Gasteiger partial charge in [0.15, 0.2) is 0 Å². The minimum atomic E-state index is 0.848. The van der Waals surface area contributed by atoms with Crippen molar-refractivity contribution in [1.29, 1.82) is 0 Å². The van der Waals surface area contributed by atoms with E-state index < -0.39 is 0 Å². The summed E-state index contributed by atoms with van der Waals surface area (Å²) in [6.45, 7) is 4.27. The number of aryl methyl sites for hydroxylation is 2. The van der Waals surface area contributed by atoms with Crippen molar-refractivity contribution in [3.05, 3.63) is 83.5 Å². The zero-order chi connectivity index (χ0) is 19.1. The summed E-state index contributed by atoms with van der Waals surface area (Å²) in [5.74, 6) is 0.848. The van der Waals surface area contributed by atoms with E-state index in [0.29, 0.717) is 0 Å². The molecule has 0 radical (unpaired) electrons. The van der Waals surface area contributed by atoms with Gasteiger partial charge >= 0.3 is 0 Å². The molecule has 2 heterocycles. The van der Waals surface area contributed by atoms with E-state index in [1.54, 1.807) is 17.7 Å². The zero-order valence-corrected chi connectivity index (χ0v) is 16.5. The highest BCUT2D eigenvalue weighted by Crippen LogP contribution is 2.41. The summed E-state index contributed by atoms with van der Waals surface area (Å²) in [5, 5.41) is 7.05. The standard InChI is InChI=1S/C24H19N3S/c1-15-10-12-18(13-11-15)21-16(2)28-24-22(21)23(25-14-26-24)27-20-9-5-7-17-6-3-4-8-19(17)20/h3-14H,1-2H3,(H,25,26,27). The molecule has 136 valence electrons. The van der Waals surface area contributed by atoms with E-state index in [9.17, 15) is 0 Å². The fraction of sp³-hybridized carbons (Fsp3) is 0.0833. The lowest BCUT2D eigenvalue weighted by Crippen LogP contribution is -1.96. The van der Waals surface area contributed by atoms with Crippen molar-refractivity contribution in [1.82, 2.24) is 9.97 Å². The number of aromatic nitrogens is 2. The molecule has 3 nitrogen and oxygen atoms in total. The number of nitrogens with zero attached hydrogens (tertiary/aromatic N) is 2. The second-order valence-electron chi connectivity index (χ2n) is 6.95. The summed E-state index contributed by atoms with van der Waals surface area (Å²) in [6.07, 6.45) is 1.64. The van der Waals surface area contributed by atoms with Gasteiger partial charge in [0, 0.05) is 21.5 Å². The van der Waals surface area contributed by atoms with Gasteiger partial charge in [0.1, 0.15) is 17.0 Å². The van der Waals surface area contributed by atoms with Crippen molar-refractivity contribution in [3.8, 4) is 11.1 Å². The van der Waals surface area contributed by atoms with Crippen molar-refractivity contribution < 1.29 is 0 Å². The van der Waals surface area contributed by atoms with Gasteiger partial charge < -0.3 is 5.32 Å². The second-order valence-corrected chi connectivity index (χ2v) is 8.16. The number of thiophene rings is 1. The summed E-state index contributed by atoms with van der Waals surface area (Å²) in [5.41, 5.74) is 4.72. The SMILES string of the molecule is Cc1ccc(-c2c(C)sc3ncnc(Nc4cccc5ccccc45)c23)cc1. The first-order chi connectivity index (χ1) is 13.7. The molecule has 5 rings (SSSR count). The molecule has 0 saturated carbocycles. The van der Waals surface area contributed by atoms with Gasteiger partial charge in [-0.15, -0.1) is 11.3 Å². The Hall–Kier alpha value is -3.24. The highest BCUT2D eigenvalue weighted by Gasteiger charge is 2.17. The Bertz CT molecular complexity index is 1300. The van der Waals surface area contributed by atoms with Gasteiger partial charge in [-0.2, -0.15) is 0 Å². The number of rotatable bonds is 3. The van der Waals surface area contributed by atoms with Gasteiger partial charge in [-0.3, -0.25) is 0 Å². The van der Waals surface area contributed by atoms with E-state index in [1.165, 1.54) is 32.3 Å². The third kappa shape index (κ3) is 2.83. The molecule has 5 aromatic rings. The van der Waals surface area contributed by atoms with Crippen molar-refractivity contribution in [2.45, 2.75) is 13.8 Å². The van der Waals surface area contributed by atoms with Crippen LogP contribution in [0.15, 0.2) is 73.1 Å². The monoisotopic (exact) mass is 381 g/mol. The van der Waals surface area contributed by atoms with Gasteiger partial charge in [0.25, 0.3) is 0 Å². The van der Waals surface area contributed by atoms with Crippen molar-refractivity contribution in [2.24, 2.45) is 0 Å². The topological polar surface area (TPSA) is 37.8 Å². The van der Waals surface area contributed by atoms with Crippen LogP contribution >= 0.6 is 11.3 Å². The van der Waals surface area contributed by atoms with E-state index in [2.05, 4.69) is 95.9 Å². The van der Waals surface area contributed by atoms with Crippen LogP contribution in [0.25, 0.3) is 32.1 Å². The zero-order valence-electron chi connectivity index (χ0n) is 15.7.